The molecule has 3 rings (SSSR count). The number of aromatic nitrogens is 4. The lowest BCUT2D eigenvalue weighted by atomic mass is 10.2. The zero-order valence-electron chi connectivity index (χ0n) is 15.8. The zero-order valence-corrected chi connectivity index (χ0v) is 16.6. The van der Waals surface area contributed by atoms with Gasteiger partial charge in [0.25, 0.3) is 0 Å². The number of carbonyl (C=O) groups excluding carboxylic acids is 1. The van der Waals surface area contributed by atoms with Gasteiger partial charge in [0, 0.05) is 18.4 Å². The SMILES string of the molecule is CCOc1ccc(/C=N\Nc2nc(SCCC(=O)Nc3ccccn3)n[nH]2)cc1. The summed E-state index contributed by atoms with van der Waals surface area (Å²) in [5.41, 5.74) is 3.72. The number of ether oxygens (including phenoxy) is 1. The van der Waals surface area contributed by atoms with Crippen LogP contribution in [0.5, 0.6) is 5.75 Å². The van der Waals surface area contributed by atoms with Crippen LogP contribution in [0.2, 0.25) is 0 Å². The lowest BCUT2D eigenvalue weighted by Crippen LogP contribution is -2.13. The van der Waals surface area contributed by atoms with Crippen LogP contribution in [0.15, 0.2) is 58.9 Å². The second kappa shape index (κ2) is 10.8. The molecular weight excluding hydrogens is 390 g/mol. The highest BCUT2D eigenvalue weighted by Gasteiger charge is 2.06. The molecule has 0 saturated heterocycles. The number of aromatic amines is 1. The molecule has 0 aliphatic rings. The Morgan fingerprint density at radius 2 is 2.14 bits per heavy atom. The number of pyridine rings is 1. The average molecular weight is 411 g/mol. The van der Waals surface area contributed by atoms with E-state index in [1.807, 2.05) is 37.3 Å². The number of carbonyl (C=O) groups is 1. The maximum absolute atomic E-state index is 11.9. The maximum Gasteiger partial charge on any atom is 0.240 e. The van der Waals surface area contributed by atoms with E-state index in [9.17, 15) is 4.79 Å². The van der Waals surface area contributed by atoms with Crippen molar-refractivity contribution < 1.29 is 9.53 Å². The van der Waals surface area contributed by atoms with Gasteiger partial charge in [0.1, 0.15) is 11.6 Å². The maximum atomic E-state index is 11.9. The molecule has 9 nitrogen and oxygen atoms in total. The van der Waals surface area contributed by atoms with Crippen LogP contribution >= 0.6 is 11.8 Å². The first-order valence-electron chi connectivity index (χ1n) is 9.01. The van der Waals surface area contributed by atoms with Crippen LogP contribution < -0.4 is 15.5 Å². The van der Waals surface area contributed by atoms with Gasteiger partial charge in [-0.3, -0.25) is 4.79 Å². The second-order valence-electron chi connectivity index (χ2n) is 5.70. The second-order valence-corrected chi connectivity index (χ2v) is 6.76. The highest BCUT2D eigenvalue weighted by molar-refractivity contribution is 7.99. The largest absolute Gasteiger partial charge is 0.494 e. The highest BCUT2D eigenvalue weighted by Crippen LogP contribution is 2.15. The van der Waals surface area contributed by atoms with Gasteiger partial charge in [0.2, 0.25) is 17.0 Å². The molecule has 29 heavy (non-hydrogen) atoms. The van der Waals surface area contributed by atoms with E-state index < -0.39 is 0 Å². The molecule has 1 aromatic carbocycles. The fraction of sp³-hybridized carbons (Fsp3) is 0.211. The Morgan fingerprint density at radius 1 is 1.28 bits per heavy atom. The van der Waals surface area contributed by atoms with Gasteiger partial charge in [-0.1, -0.05) is 17.8 Å². The average Bonchev–Trinajstić information content (AvgIpc) is 3.18. The molecule has 0 saturated carbocycles. The molecule has 0 radical (unpaired) electrons. The molecule has 0 aliphatic heterocycles. The summed E-state index contributed by atoms with van der Waals surface area (Å²) >= 11 is 1.38. The molecule has 150 valence electrons. The predicted molar refractivity (Wildman–Crippen MR) is 113 cm³/mol. The van der Waals surface area contributed by atoms with E-state index in [4.69, 9.17) is 4.74 Å². The Hall–Kier alpha value is -3.40. The van der Waals surface area contributed by atoms with Crippen LogP contribution in [0.25, 0.3) is 0 Å². The Morgan fingerprint density at radius 3 is 2.90 bits per heavy atom. The van der Waals surface area contributed by atoms with E-state index in [1.54, 1.807) is 24.5 Å². The number of hydrazone groups is 1. The predicted octanol–water partition coefficient (Wildman–Crippen LogP) is 3.17. The van der Waals surface area contributed by atoms with Crippen LogP contribution in [0, 0.1) is 0 Å². The summed E-state index contributed by atoms with van der Waals surface area (Å²) < 4.78 is 5.40. The number of anilines is 2. The van der Waals surface area contributed by atoms with Crippen molar-refractivity contribution in [3.8, 4) is 5.75 Å². The van der Waals surface area contributed by atoms with Gasteiger partial charge in [-0.25, -0.2) is 15.5 Å². The Labute approximate surface area is 172 Å². The number of nitrogens with one attached hydrogen (secondary N) is 3. The molecule has 0 fully saturated rings. The van der Waals surface area contributed by atoms with Gasteiger partial charge in [0.15, 0.2) is 0 Å². The number of hydrogen-bond donors (Lipinski definition) is 3. The molecule has 0 bridgehead atoms. The molecule has 3 aromatic rings. The Balaban J connectivity index is 1.39. The summed E-state index contributed by atoms with van der Waals surface area (Å²) in [6, 6.07) is 12.9. The summed E-state index contributed by atoms with van der Waals surface area (Å²) in [5.74, 6) is 2.23. The smallest absolute Gasteiger partial charge is 0.240 e. The normalized spacial score (nSPS) is 10.8. The molecule has 0 aliphatic carbocycles. The Kier molecular flexibility index (Phi) is 7.58. The number of H-pyrrole nitrogens is 1. The first-order valence-corrected chi connectivity index (χ1v) is 9.99. The minimum Gasteiger partial charge on any atom is -0.494 e. The molecule has 2 heterocycles. The van der Waals surface area contributed by atoms with Crippen LogP contribution in [0.3, 0.4) is 0 Å². The lowest BCUT2D eigenvalue weighted by Gasteiger charge is -2.02. The monoisotopic (exact) mass is 411 g/mol. The van der Waals surface area contributed by atoms with Gasteiger partial charge in [0.05, 0.1) is 12.8 Å². The number of thioether (sulfide) groups is 1. The van der Waals surface area contributed by atoms with E-state index >= 15 is 0 Å². The third kappa shape index (κ3) is 6.92. The third-order valence-corrected chi connectivity index (χ3v) is 4.38. The molecule has 0 spiro atoms. The van der Waals surface area contributed by atoms with E-state index in [2.05, 4.69) is 36.0 Å². The van der Waals surface area contributed by atoms with Gasteiger partial charge in [-0.15, -0.1) is 5.10 Å². The van der Waals surface area contributed by atoms with E-state index in [1.165, 1.54) is 11.8 Å². The van der Waals surface area contributed by atoms with E-state index in [0.717, 1.165) is 11.3 Å². The van der Waals surface area contributed by atoms with Crippen molar-refractivity contribution in [2.75, 3.05) is 23.1 Å². The molecule has 1 amide bonds. The van der Waals surface area contributed by atoms with Crippen LogP contribution in [-0.2, 0) is 4.79 Å². The molecule has 2 aromatic heterocycles. The van der Waals surface area contributed by atoms with Gasteiger partial charge < -0.3 is 10.1 Å². The third-order valence-electron chi connectivity index (χ3n) is 3.53. The number of amides is 1. The van der Waals surface area contributed by atoms with Gasteiger partial charge in [-0.05, 0) is 48.9 Å². The summed E-state index contributed by atoms with van der Waals surface area (Å²) in [6.45, 7) is 2.58. The first kappa shape index (κ1) is 20.3. The van der Waals surface area contributed by atoms with Crippen molar-refractivity contribution in [3.05, 3.63) is 54.2 Å². The highest BCUT2D eigenvalue weighted by atomic mass is 32.2. The summed E-state index contributed by atoms with van der Waals surface area (Å²) in [7, 11) is 0. The minimum atomic E-state index is -0.106. The molecular formula is C19H21N7O2S. The number of rotatable bonds is 10. The summed E-state index contributed by atoms with van der Waals surface area (Å²) in [6.07, 6.45) is 3.63. The topological polar surface area (TPSA) is 117 Å². The quantitative estimate of drug-likeness (QED) is 0.266. The van der Waals surface area contributed by atoms with E-state index in [-0.39, 0.29) is 5.91 Å². The van der Waals surface area contributed by atoms with Crippen molar-refractivity contribution in [1.82, 2.24) is 20.2 Å². The standard InChI is InChI=1S/C19H21N7O2S/c1-2-28-15-8-6-14(7-9-15)13-21-24-18-23-19(26-25-18)29-12-10-17(27)22-16-5-3-4-11-20-16/h3-9,11,13H,2,10,12H2,1H3,(H,20,22,27)(H2,23,24,25,26)/b21-13-. The van der Waals surface area contributed by atoms with Crippen molar-refractivity contribution in [2.24, 2.45) is 5.10 Å². The van der Waals surface area contributed by atoms with Crippen molar-refractivity contribution in [1.29, 1.82) is 0 Å². The summed E-state index contributed by atoms with van der Waals surface area (Å²) in [4.78, 5) is 20.2. The first-order chi connectivity index (χ1) is 14.2. The molecule has 0 atom stereocenters. The molecule has 3 N–H and O–H groups in total. The van der Waals surface area contributed by atoms with Crippen molar-refractivity contribution in [2.45, 2.75) is 18.5 Å². The van der Waals surface area contributed by atoms with Crippen molar-refractivity contribution in [3.63, 3.8) is 0 Å². The molecule has 10 heteroatoms. The van der Waals surface area contributed by atoms with Crippen LogP contribution in [0.1, 0.15) is 18.9 Å². The Bertz CT molecular complexity index is 929. The number of benzene rings is 1. The van der Waals surface area contributed by atoms with E-state index in [0.29, 0.717) is 35.7 Å². The van der Waals surface area contributed by atoms with Crippen molar-refractivity contribution >= 4 is 35.6 Å². The molecule has 0 unspecified atom stereocenters. The van der Waals surface area contributed by atoms with Crippen LogP contribution in [0.4, 0.5) is 11.8 Å². The minimum absolute atomic E-state index is 0.106. The zero-order chi connectivity index (χ0) is 20.3. The number of nitrogens with zero attached hydrogens (tertiary/aromatic N) is 4. The lowest BCUT2D eigenvalue weighted by molar-refractivity contribution is -0.115. The fourth-order valence-corrected chi connectivity index (χ4v) is 2.96. The number of hydrogen-bond acceptors (Lipinski definition) is 8. The summed E-state index contributed by atoms with van der Waals surface area (Å²) in [5, 5.41) is 14.2. The van der Waals surface area contributed by atoms with Gasteiger partial charge >= 0.3 is 0 Å². The van der Waals surface area contributed by atoms with Crippen LogP contribution in [-0.4, -0.2) is 44.6 Å². The fourth-order valence-electron chi connectivity index (χ4n) is 2.22. The van der Waals surface area contributed by atoms with Gasteiger partial charge in [-0.2, -0.15) is 10.1 Å².